The topological polar surface area (TPSA) is 39.1 Å². The van der Waals surface area contributed by atoms with E-state index in [2.05, 4.69) is 28.7 Å². The molecule has 3 rings (SSSR count). The highest BCUT2D eigenvalue weighted by Crippen LogP contribution is 2.30. The summed E-state index contributed by atoms with van der Waals surface area (Å²) in [6.07, 6.45) is 6.09. The number of nitrogens with zero attached hydrogens (tertiary/aromatic N) is 2. The molecule has 2 aromatic rings. The van der Waals surface area contributed by atoms with E-state index in [0.717, 1.165) is 18.6 Å². The zero-order chi connectivity index (χ0) is 13.2. The maximum absolute atomic E-state index is 6.05. The molecular formula is C15H19N3O. The van der Waals surface area contributed by atoms with Crippen LogP contribution in [0.3, 0.4) is 0 Å². The zero-order valence-electron chi connectivity index (χ0n) is 11.3. The van der Waals surface area contributed by atoms with Gasteiger partial charge in [0, 0.05) is 25.7 Å². The van der Waals surface area contributed by atoms with Gasteiger partial charge in [-0.05, 0) is 30.7 Å². The Balaban J connectivity index is 1.71. The number of fused-ring (bicyclic) bond motifs is 1. The Hall–Kier alpha value is -1.81. The summed E-state index contributed by atoms with van der Waals surface area (Å²) in [5.74, 6) is 1.03. The molecule has 0 radical (unpaired) electrons. The number of ether oxygens (including phenoxy) is 1. The van der Waals surface area contributed by atoms with Crippen LogP contribution in [0.1, 0.15) is 11.1 Å². The van der Waals surface area contributed by atoms with Crippen molar-refractivity contribution in [3.63, 3.8) is 0 Å². The Bertz CT molecular complexity index is 539. The minimum absolute atomic E-state index is 0.197. The number of rotatable bonds is 4. The van der Waals surface area contributed by atoms with Crippen molar-refractivity contribution in [2.45, 2.75) is 25.0 Å². The van der Waals surface area contributed by atoms with E-state index in [0.29, 0.717) is 6.04 Å². The smallest absolute Gasteiger partial charge is 0.123 e. The van der Waals surface area contributed by atoms with Crippen molar-refractivity contribution in [3.8, 4) is 5.75 Å². The van der Waals surface area contributed by atoms with Gasteiger partial charge in [0.2, 0.25) is 0 Å². The SMILES string of the molecule is CNC(Cc1cnn(C)c1)C1Cc2ccccc2O1. The second-order valence-corrected chi connectivity index (χ2v) is 5.09. The fourth-order valence-electron chi connectivity index (χ4n) is 2.68. The van der Waals surface area contributed by atoms with Crippen LogP contribution in [0.15, 0.2) is 36.7 Å². The lowest BCUT2D eigenvalue weighted by Crippen LogP contribution is -2.42. The van der Waals surface area contributed by atoms with Gasteiger partial charge in [0.15, 0.2) is 0 Å². The van der Waals surface area contributed by atoms with Crippen molar-refractivity contribution >= 4 is 0 Å². The largest absolute Gasteiger partial charge is 0.488 e. The maximum atomic E-state index is 6.05. The third kappa shape index (κ3) is 2.49. The molecule has 0 spiro atoms. The van der Waals surface area contributed by atoms with E-state index in [1.165, 1.54) is 11.1 Å². The van der Waals surface area contributed by atoms with Crippen molar-refractivity contribution in [2.75, 3.05) is 7.05 Å². The summed E-state index contributed by atoms with van der Waals surface area (Å²) in [5, 5.41) is 7.59. The van der Waals surface area contributed by atoms with Crippen LogP contribution in [0.2, 0.25) is 0 Å². The average molecular weight is 257 g/mol. The molecule has 1 aromatic heterocycles. The van der Waals surface area contributed by atoms with Gasteiger partial charge in [-0.25, -0.2) is 0 Å². The molecule has 0 saturated heterocycles. The minimum atomic E-state index is 0.197. The third-order valence-corrected chi connectivity index (χ3v) is 3.71. The van der Waals surface area contributed by atoms with Gasteiger partial charge in [-0.3, -0.25) is 4.68 Å². The number of benzene rings is 1. The van der Waals surface area contributed by atoms with Crippen molar-refractivity contribution in [1.29, 1.82) is 0 Å². The lowest BCUT2D eigenvalue weighted by atomic mass is 9.99. The Morgan fingerprint density at radius 1 is 1.47 bits per heavy atom. The highest BCUT2D eigenvalue weighted by molar-refractivity contribution is 5.37. The first kappa shape index (κ1) is 12.2. The van der Waals surface area contributed by atoms with Crippen LogP contribution in [0.4, 0.5) is 0 Å². The second kappa shape index (κ2) is 5.05. The van der Waals surface area contributed by atoms with Crippen LogP contribution in [0.25, 0.3) is 0 Å². The number of hydrogen-bond acceptors (Lipinski definition) is 3. The molecule has 4 nitrogen and oxygen atoms in total. The van der Waals surface area contributed by atoms with E-state index >= 15 is 0 Å². The highest BCUT2D eigenvalue weighted by atomic mass is 16.5. The van der Waals surface area contributed by atoms with Crippen LogP contribution in [0, 0.1) is 0 Å². The monoisotopic (exact) mass is 257 g/mol. The fourth-order valence-corrected chi connectivity index (χ4v) is 2.68. The van der Waals surface area contributed by atoms with Crippen LogP contribution in [-0.4, -0.2) is 29.0 Å². The number of aromatic nitrogens is 2. The van der Waals surface area contributed by atoms with Crippen LogP contribution in [0.5, 0.6) is 5.75 Å². The molecule has 0 amide bonds. The predicted molar refractivity (Wildman–Crippen MR) is 74.3 cm³/mol. The Labute approximate surface area is 113 Å². The molecule has 0 bridgehead atoms. The van der Waals surface area contributed by atoms with Gasteiger partial charge >= 0.3 is 0 Å². The van der Waals surface area contributed by atoms with Crippen LogP contribution in [-0.2, 0) is 19.9 Å². The molecule has 1 aliphatic heterocycles. The van der Waals surface area contributed by atoms with Gasteiger partial charge in [0.05, 0.1) is 6.20 Å². The number of aryl methyl sites for hydroxylation is 1. The summed E-state index contributed by atoms with van der Waals surface area (Å²) in [7, 11) is 3.94. The van der Waals surface area contributed by atoms with E-state index in [9.17, 15) is 0 Å². The first-order valence-electron chi connectivity index (χ1n) is 6.65. The number of nitrogens with one attached hydrogen (secondary N) is 1. The first-order chi connectivity index (χ1) is 9.26. The molecule has 2 heterocycles. The molecule has 0 saturated carbocycles. The van der Waals surface area contributed by atoms with Gasteiger partial charge in [0.25, 0.3) is 0 Å². The van der Waals surface area contributed by atoms with E-state index in [4.69, 9.17) is 4.74 Å². The Kier molecular flexibility index (Phi) is 3.25. The summed E-state index contributed by atoms with van der Waals surface area (Å²) in [6.45, 7) is 0. The molecule has 2 unspecified atom stereocenters. The molecule has 19 heavy (non-hydrogen) atoms. The Morgan fingerprint density at radius 2 is 2.32 bits per heavy atom. The lowest BCUT2D eigenvalue weighted by Gasteiger charge is -2.22. The van der Waals surface area contributed by atoms with Gasteiger partial charge in [-0.2, -0.15) is 5.10 Å². The molecule has 1 N–H and O–H groups in total. The first-order valence-corrected chi connectivity index (χ1v) is 6.65. The number of likely N-dealkylation sites (N-methyl/N-ethyl adjacent to an activating group) is 1. The van der Waals surface area contributed by atoms with Crippen LogP contribution < -0.4 is 10.1 Å². The fraction of sp³-hybridized carbons (Fsp3) is 0.400. The summed E-state index contributed by atoms with van der Waals surface area (Å²) < 4.78 is 7.89. The highest BCUT2D eigenvalue weighted by Gasteiger charge is 2.29. The molecule has 0 fully saturated rings. The molecule has 1 aliphatic rings. The third-order valence-electron chi connectivity index (χ3n) is 3.71. The molecule has 0 aliphatic carbocycles. The lowest BCUT2D eigenvalue weighted by molar-refractivity contribution is 0.182. The van der Waals surface area contributed by atoms with Crippen molar-refractivity contribution in [2.24, 2.45) is 7.05 Å². The van der Waals surface area contributed by atoms with Gasteiger partial charge < -0.3 is 10.1 Å². The van der Waals surface area contributed by atoms with Gasteiger partial charge in [0.1, 0.15) is 11.9 Å². The standard InChI is InChI=1S/C15H19N3O/c1-16-13(7-11-9-17-18(2)10-11)15-8-12-5-3-4-6-14(12)19-15/h3-6,9-10,13,15-16H,7-8H2,1-2H3. The summed E-state index contributed by atoms with van der Waals surface area (Å²) >= 11 is 0. The number of hydrogen-bond donors (Lipinski definition) is 1. The summed E-state index contributed by atoms with van der Waals surface area (Å²) in [4.78, 5) is 0. The maximum Gasteiger partial charge on any atom is 0.123 e. The predicted octanol–water partition coefficient (Wildman–Crippen LogP) is 1.55. The van der Waals surface area contributed by atoms with Gasteiger partial charge in [-0.1, -0.05) is 18.2 Å². The summed E-state index contributed by atoms with van der Waals surface area (Å²) in [5.41, 5.74) is 2.54. The minimum Gasteiger partial charge on any atom is -0.488 e. The van der Waals surface area contributed by atoms with Crippen molar-refractivity contribution < 1.29 is 4.74 Å². The second-order valence-electron chi connectivity index (χ2n) is 5.09. The van der Waals surface area contributed by atoms with Crippen LogP contribution >= 0.6 is 0 Å². The molecule has 1 aromatic carbocycles. The number of para-hydroxylation sites is 1. The normalized spacial score (nSPS) is 18.9. The zero-order valence-corrected chi connectivity index (χ0v) is 11.3. The molecule has 4 heteroatoms. The van der Waals surface area contributed by atoms with Crippen molar-refractivity contribution in [1.82, 2.24) is 15.1 Å². The molecule has 2 atom stereocenters. The van der Waals surface area contributed by atoms with E-state index < -0.39 is 0 Å². The Morgan fingerprint density at radius 3 is 3.00 bits per heavy atom. The quantitative estimate of drug-likeness (QED) is 0.903. The van der Waals surface area contributed by atoms with E-state index in [1.807, 2.05) is 37.1 Å². The van der Waals surface area contributed by atoms with E-state index in [1.54, 1.807) is 0 Å². The van der Waals surface area contributed by atoms with Crippen molar-refractivity contribution in [3.05, 3.63) is 47.8 Å². The molecule has 100 valence electrons. The average Bonchev–Trinajstić information content (AvgIpc) is 3.01. The summed E-state index contributed by atoms with van der Waals surface area (Å²) in [6, 6.07) is 8.59. The van der Waals surface area contributed by atoms with E-state index in [-0.39, 0.29) is 6.10 Å². The van der Waals surface area contributed by atoms with Gasteiger partial charge in [-0.15, -0.1) is 0 Å². The molecular weight excluding hydrogens is 238 g/mol.